The number of fused-ring (bicyclic) bond motifs is 1. The smallest absolute Gasteiger partial charge is 0.275 e. The van der Waals surface area contributed by atoms with Gasteiger partial charge in [0.2, 0.25) is 0 Å². The van der Waals surface area contributed by atoms with E-state index >= 15 is 0 Å². The highest BCUT2D eigenvalue weighted by Gasteiger charge is 2.29. The molecule has 1 aliphatic rings. The molecule has 2 aromatic heterocycles. The van der Waals surface area contributed by atoms with Crippen LogP contribution in [0.15, 0.2) is 42.5 Å². The van der Waals surface area contributed by atoms with Gasteiger partial charge in [-0.2, -0.15) is 5.10 Å². The van der Waals surface area contributed by atoms with Crippen LogP contribution in [-0.4, -0.2) is 52.2 Å². The third-order valence-electron chi connectivity index (χ3n) is 5.14. The molecule has 1 aliphatic heterocycles. The number of para-hydroxylation sites is 1. The molecule has 1 fully saturated rings. The highest BCUT2D eigenvalue weighted by atomic mass is 16.2. The number of anilines is 1. The van der Waals surface area contributed by atoms with Gasteiger partial charge in [-0.1, -0.05) is 24.3 Å². The van der Waals surface area contributed by atoms with Gasteiger partial charge in [-0.25, -0.2) is 4.98 Å². The number of piperidine rings is 1. The largest absolute Gasteiger partial charge is 0.355 e. The first-order chi connectivity index (χ1) is 12.6. The Morgan fingerprint density at radius 2 is 2.08 bits per heavy atom. The van der Waals surface area contributed by atoms with Gasteiger partial charge in [-0.3, -0.25) is 9.89 Å². The number of hydrogen-bond acceptors (Lipinski definition) is 4. The summed E-state index contributed by atoms with van der Waals surface area (Å²) in [4.78, 5) is 21.8. The third-order valence-corrected chi connectivity index (χ3v) is 5.14. The van der Waals surface area contributed by atoms with E-state index in [2.05, 4.69) is 20.1 Å². The minimum Gasteiger partial charge on any atom is -0.355 e. The molecule has 3 aromatic rings. The van der Waals surface area contributed by atoms with Gasteiger partial charge in [0.15, 0.2) is 5.69 Å². The fraction of sp³-hybridized carbons (Fsp3) is 0.350. The molecule has 0 saturated carbocycles. The Balaban J connectivity index is 1.54. The summed E-state index contributed by atoms with van der Waals surface area (Å²) in [7, 11) is 1.88. The molecule has 0 radical (unpaired) electrons. The maximum absolute atomic E-state index is 13.0. The number of likely N-dealkylation sites (N-methyl/N-ethyl adjacent to an activating group) is 1. The van der Waals surface area contributed by atoms with E-state index in [0.717, 1.165) is 48.3 Å². The number of rotatable bonds is 3. The lowest BCUT2D eigenvalue weighted by molar-refractivity contribution is 0.0713. The molecule has 0 bridgehead atoms. The zero-order valence-electron chi connectivity index (χ0n) is 15.1. The van der Waals surface area contributed by atoms with Crippen molar-refractivity contribution in [2.75, 3.05) is 25.0 Å². The van der Waals surface area contributed by atoms with Gasteiger partial charge < -0.3 is 9.80 Å². The van der Waals surface area contributed by atoms with Crippen LogP contribution < -0.4 is 4.90 Å². The van der Waals surface area contributed by atoms with E-state index in [0.29, 0.717) is 5.69 Å². The number of pyridine rings is 1. The molecule has 0 unspecified atom stereocenters. The Kier molecular flexibility index (Phi) is 4.32. The van der Waals surface area contributed by atoms with Gasteiger partial charge in [0.1, 0.15) is 5.82 Å². The van der Waals surface area contributed by atoms with E-state index in [9.17, 15) is 4.79 Å². The van der Waals surface area contributed by atoms with Crippen molar-refractivity contribution in [3.05, 3.63) is 53.9 Å². The van der Waals surface area contributed by atoms with Crippen molar-refractivity contribution in [3.63, 3.8) is 0 Å². The molecule has 1 amide bonds. The fourth-order valence-corrected chi connectivity index (χ4v) is 3.64. The van der Waals surface area contributed by atoms with Gasteiger partial charge >= 0.3 is 0 Å². The monoisotopic (exact) mass is 349 g/mol. The quantitative estimate of drug-likeness (QED) is 0.789. The van der Waals surface area contributed by atoms with Gasteiger partial charge in [-0.05, 0) is 38.0 Å². The number of nitrogens with zero attached hydrogens (tertiary/aromatic N) is 4. The lowest BCUT2D eigenvalue weighted by Crippen LogP contribution is -2.49. The molecular formula is C20H23N5O. The number of nitrogens with one attached hydrogen (secondary N) is 1. The molecule has 3 heterocycles. The molecule has 1 saturated heterocycles. The number of hydrogen-bond donors (Lipinski definition) is 1. The summed E-state index contributed by atoms with van der Waals surface area (Å²) >= 11 is 0. The van der Waals surface area contributed by atoms with Crippen LogP contribution >= 0.6 is 0 Å². The molecule has 4 rings (SSSR count). The van der Waals surface area contributed by atoms with E-state index in [4.69, 9.17) is 0 Å². The summed E-state index contributed by atoms with van der Waals surface area (Å²) < 4.78 is 0. The Morgan fingerprint density at radius 3 is 2.92 bits per heavy atom. The number of H-pyrrole nitrogens is 1. The average Bonchev–Trinajstić information content (AvgIpc) is 3.11. The van der Waals surface area contributed by atoms with Crippen LogP contribution in [0.5, 0.6) is 0 Å². The number of amides is 1. The predicted octanol–water partition coefficient (Wildman–Crippen LogP) is 3.01. The minimum absolute atomic E-state index is 0.0356. The number of carbonyl (C=O) groups excluding carboxylic acids is 1. The highest BCUT2D eigenvalue weighted by Crippen LogP contribution is 2.23. The van der Waals surface area contributed by atoms with Gasteiger partial charge in [0.05, 0.1) is 5.52 Å². The maximum atomic E-state index is 13.0. The summed E-state index contributed by atoms with van der Waals surface area (Å²) in [6, 6.07) is 14.0. The Bertz CT molecular complexity index is 935. The van der Waals surface area contributed by atoms with Crippen molar-refractivity contribution in [2.45, 2.75) is 25.8 Å². The second kappa shape index (κ2) is 6.78. The number of aromatic nitrogens is 3. The zero-order valence-corrected chi connectivity index (χ0v) is 15.1. The minimum atomic E-state index is -0.0356. The van der Waals surface area contributed by atoms with Crippen LogP contribution in [0.1, 0.15) is 29.0 Å². The van der Waals surface area contributed by atoms with Crippen molar-refractivity contribution in [1.82, 2.24) is 20.1 Å². The van der Waals surface area contributed by atoms with Crippen molar-refractivity contribution in [2.24, 2.45) is 0 Å². The summed E-state index contributed by atoms with van der Waals surface area (Å²) in [5.74, 6) is 0.951. The highest BCUT2D eigenvalue weighted by molar-refractivity contribution is 6.04. The van der Waals surface area contributed by atoms with E-state index in [1.807, 2.05) is 61.3 Å². The first kappa shape index (κ1) is 16.6. The van der Waals surface area contributed by atoms with Crippen molar-refractivity contribution >= 4 is 22.6 Å². The van der Waals surface area contributed by atoms with Crippen LogP contribution in [0.2, 0.25) is 0 Å². The van der Waals surface area contributed by atoms with Crippen LogP contribution in [0.4, 0.5) is 5.82 Å². The van der Waals surface area contributed by atoms with Crippen LogP contribution in [-0.2, 0) is 0 Å². The van der Waals surface area contributed by atoms with Gasteiger partial charge in [0, 0.05) is 37.3 Å². The van der Waals surface area contributed by atoms with E-state index in [1.165, 1.54) is 0 Å². The summed E-state index contributed by atoms with van der Waals surface area (Å²) in [6.07, 6.45) is 2.03. The van der Waals surface area contributed by atoms with Crippen molar-refractivity contribution < 1.29 is 4.79 Å². The second-order valence-electron chi connectivity index (χ2n) is 6.91. The molecule has 1 aromatic carbocycles. The van der Waals surface area contributed by atoms with Gasteiger partial charge in [-0.15, -0.1) is 0 Å². The number of aromatic amines is 1. The summed E-state index contributed by atoms with van der Waals surface area (Å²) in [5, 5.41) is 8.08. The fourth-order valence-electron chi connectivity index (χ4n) is 3.64. The molecule has 0 aliphatic carbocycles. The maximum Gasteiger partial charge on any atom is 0.275 e. The van der Waals surface area contributed by atoms with Gasteiger partial charge in [0.25, 0.3) is 5.91 Å². The molecule has 1 N–H and O–H groups in total. The molecule has 26 heavy (non-hydrogen) atoms. The van der Waals surface area contributed by atoms with E-state index < -0.39 is 0 Å². The molecular weight excluding hydrogens is 326 g/mol. The standard InChI is InChI=1S/C20H23N5O/c1-14-7-5-11-18(21-14)25-12-6-8-15(13-25)24(2)20(26)19-16-9-3-4-10-17(16)22-23-19/h3-5,7,9-11,15H,6,8,12-13H2,1-2H3,(H,22,23)/t15-/m1/s1. The average molecular weight is 349 g/mol. The van der Waals surface area contributed by atoms with Crippen molar-refractivity contribution in [1.29, 1.82) is 0 Å². The lowest BCUT2D eigenvalue weighted by Gasteiger charge is -2.38. The summed E-state index contributed by atoms with van der Waals surface area (Å²) in [6.45, 7) is 3.77. The second-order valence-corrected chi connectivity index (χ2v) is 6.91. The first-order valence-corrected chi connectivity index (χ1v) is 9.02. The van der Waals surface area contributed by atoms with Crippen LogP contribution in [0.25, 0.3) is 10.9 Å². The third kappa shape index (κ3) is 3.03. The van der Waals surface area contributed by atoms with Crippen molar-refractivity contribution in [3.8, 4) is 0 Å². The molecule has 6 nitrogen and oxygen atoms in total. The molecule has 134 valence electrons. The SMILES string of the molecule is Cc1cccc(N2CCC[C@@H](N(C)C(=O)c3n[nH]c4ccccc34)C2)n1. The Labute approximate surface area is 152 Å². The topological polar surface area (TPSA) is 65.1 Å². The Morgan fingerprint density at radius 1 is 1.23 bits per heavy atom. The molecule has 6 heteroatoms. The molecule has 1 atom stereocenters. The number of benzene rings is 1. The Hall–Kier alpha value is -2.89. The predicted molar refractivity (Wildman–Crippen MR) is 102 cm³/mol. The lowest BCUT2D eigenvalue weighted by atomic mass is 10.0. The molecule has 0 spiro atoms. The zero-order chi connectivity index (χ0) is 18.1. The van der Waals surface area contributed by atoms with Crippen LogP contribution in [0, 0.1) is 6.92 Å². The normalized spacial score (nSPS) is 17.5. The summed E-state index contributed by atoms with van der Waals surface area (Å²) in [5.41, 5.74) is 2.39. The first-order valence-electron chi connectivity index (χ1n) is 9.02. The number of carbonyl (C=O) groups is 1. The van der Waals surface area contributed by atoms with Crippen LogP contribution in [0.3, 0.4) is 0 Å². The van der Waals surface area contributed by atoms with E-state index in [1.54, 1.807) is 0 Å². The number of aryl methyl sites for hydroxylation is 1. The van der Waals surface area contributed by atoms with E-state index in [-0.39, 0.29) is 11.9 Å².